The minimum atomic E-state index is 1.26. The van der Waals surface area contributed by atoms with E-state index in [2.05, 4.69) is 66.6 Å². The minimum absolute atomic E-state index is 1.26. The number of thiophene rings is 1. The number of H-pyrrole nitrogens is 1. The molecule has 0 aliphatic heterocycles. The smallest absolute Gasteiger partial charge is 0.0650 e. The molecule has 2 aromatic carbocycles. The third kappa shape index (κ3) is 1.60. The summed E-state index contributed by atoms with van der Waals surface area (Å²) in [6.45, 7) is 2.12. The summed E-state index contributed by atoms with van der Waals surface area (Å²) in [5.74, 6) is 0. The van der Waals surface area contributed by atoms with Gasteiger partial charge in [-0.3, -0.25) is 0 Å². The lowest BCUT2D eigenvalue weighted by Crippen LogP contribution is -1.74. The summed E-state index contributed by atoms with van der Waals surface area (Å²) >= 11 is 1.86. The fourth-order valence-corrected chi connectivity index (χ4v) is 3.74. The molecule has 0 atom stereocenters. The molecule has 4 rings (SSSR count). The first-order valence-electron chi connectivity index (χ1n) is 6.38. The number of hydrogen-bond donors (Lipinski definition) is 1. The first-order valence-corrected chi connectivity index (χ1v) is 7.20. The molecule has 0 aliphatic carbocycles. The second-order valence-corrected chi connectivity index (χ2v) is 5.92. The highest BCUT2D eigenvalue weighted by molar-refractivity contribution is 7.26. The van der Waals surface area contributed by atoms with Gasteiger partial charge in [0.1, 0.15) is 0 Å². The molecule has 0 fully saturated rings. The van der Waals surface area contributed by atoms with Gasteiger partial charge in [0, 0.05) is 21.8 Å². The van der Waals surface area contributed by atoms with Crippen LogP contribution >= 0.6 is 11.3 Å². The predicted octanol–water partition coefficient (Wildman–Crippen LogP) is 5.36. The van der Waals surface area contributed by atoms with Crippen LogP contribution in [0.25, 0.3) is 31.4 Å². The zero-order chi connectivity index (χ0) is 12.8. The molecule has 0 radical (unpaired) electrons. The van der Waals surface area contributed by atoms with Crippen molar-refractivity contribution in [2.75, 3.05) is 0 Å². The Morgan fingerprint density at radius 2 is 1.74 bits per heavy atom. The van der Waals surface area contributed by atoms with Crippen molar-refractivity contribution in [2.24, 2.45) is 0 Å². The second-order valence-electron chi connectivity index (χ2n) is 4.87. The molecule has 4 aromatic rings. The largest absolute Gasteiger partial charge is 0.359 e. The lowest BCUT2D eigenvalue weighted by atomic mass is 10.1. The first-order chi connectivity index (χ1) is 9.33. The Morgan fingerprint density at radius 1 is 0.947 bits per heavy atom. The zero-order valence-corrected chi connectivity index (χ0v) is 11.4. The SMILES string of the molecule is Cc1ccc(-c2c[nH]c3c2sc2ccccc23)cc1. The molecule has 0 saturated heterocycles. The van der Waals surface area contributed by atoms with Crippen LogP contribution in [0.1, 0.15) is 5.56 Å². The quantitative estimate of drug-likeness (QED) is 0.476. The zero-order valence-electron chi connectivity index (χ0n) is 10.6. The van der Waals surface area contributed by atoms with Crippen molar-refractivity contribution in [3.8, 4) is 11.1 Å². The van der Waals surface area contributed by atoms with Crippen LogP contribution in [-0.2, 0) is 0 Å². The molecule has 19 heavy (non-hydrogen) atoms. The number of fused-ring (bicyclic) bond motifs is 3. The maximum absolute atomic E-state index is 3.43. The van der Waals surface area contributed by atoms with Crippen molar-refractivity contribution < 1.29 is 0 Å². The average molecular weight is 263 g/mol. The van der Waals surface area contributed by atoms with E-state index in [1.807, 2.05) is 11.3 Å². The average Bonchev–Trinajstić information content (AvgIpc) is 2.98. The van der Waals surface area contributed by atoms with E-state index in [-0.39, 0.29) is 0 Å². The fraction of sp³-hybridized carbons (Fsp3) is 0.0588. The molecule has 1 N–H and O–H groups in total. The first kappa shape index (κ1) is 10.8. The van der Waals surface area contributed by atoms with Crippen LogP contribution in [-0.4, -0.2) is 4.98 Å². The predicted molar refractivity (Wildman–Crippen MR) is 83.9 cm³/mol. The van der Waals surface area contributed by atoms with Crippen LogP contribution in [0, 0.1) is 6.92 Å². The Balaban J connectivity index is 2.02. The summed E-state index contributed by atoms with van der Waals surface area (Å²) in [6, 6.07) is 17.3. The number of aromatic nitrogens is 1. The van der Waals surface area contributed by atoms with Crippen molar-refractivity contribution in [2.45, 2.75) is 6.92 Å². The summed E-state index contributed by atoms with van der Waals surface area (Å²) in [5, 5.41) is 1.32. The van der Waals surface area contributed by atoms with Crippen molar-refractivity contribution in [1.82, 2.24) is 4.98 Å². The Bertz CT molecular complexity index is 865. The van der Waals surface area contributed by atoms with E-state index in [4.69, 9.17) is 0 Å². The standard InChI is InChI=1S/C17H13NS/c1-11-6-8-12(9-7-11)14-10-18-16-13-4-2-3-5-15(13)19-17(14)16/h2-10,18H,1H3. The van der Waals surface area contributed by atoms with Crippen LogP contribution in [0.15, 0.2) is 54.7 Å². The highest BCUT2D eigenvalue weighted by atomic mass is 32.1. The van der Waals surface area contributed by atoms with Gasteiger partial charge < -0.3 is 4.98 Å². The van der Waals surface area contributed by atoms with Gasteiger partial charge in [0.2, 0.25) is 0 Å². The van der Waals surface area contributed by atoms with Gasteiger partial charge in [-0.15, -0.1) is 11.3 Å². The molecule has 2 heterocycles. The molecule has 0 saturated carbocycles. The van der Waals surface area contributed by atoms with Crippen molar-refractivity contribution in [1.29, 1.82) is 0 Å². The van der Waals surface area contributed by atoms with E-state index in [1.165, 1.54) is 37.0 Å². The molecule has 2 heteroatoms. The summed E-state index contributed by atoms with van der Waals surface area (Å²) in [5.41, 5.74) is 5.14. The topological polar surface area (TPSA) is 15.8 Å². The van der Waals surface area contributed by atoms with Crippen LogP contribution < -0.4 is 0 Å². The molecule has 0 spiro atoms. The molecule has 0 amide bonds. The number of rotatable bonds is 1. The number of hydrogen-bond acceptors (Lipinski definition) is 1. The van der Waals surface area contributed by atoms with Gasteiger partial charge in [0.15, 0.2) is 0 Å². The monoisotopic (exact) mass is 263 g/mol. The van der Waals surface area contributed by atoms with Gasteiger partial charge in [0.05, 0.1) is 10.2 Å². The highest BCUT2D eigenvalue weighted by Gasteiger charge is 2.11. The lowest BCUT2D eigenvalue weighted by Gasteiger charge is -1.98. The molecule has 1 nitrogen and oxygen atoms in total. The Labute approximate surface area is 115 Å². The van der Waals surface area contributed by atoms with Gasteiger partial charge in [0.25, 0.3) is 0 Å². The van der Waals surface area contributed by atoms with Crippen LogP contribution in [0.3, 0.4) is 0 Å². The molecule has 2 aromatic heterocycles. The van der Waals surface area contributed by atoms with Gasteiger partial charge in [-0.2, -0.15) is 0 Å². The third-order valence-electron chi connectivity index (χ3n) is 3.56. The van der Waals surface area contributed by atoms with Gasteiger partial charge in [-0.05, 0) is 18.6 Å². The summed E-state index contributed by atoms with van der Waals surface area (Å²) in [4.78, 5) is 3.43. The van der Waals surface area contributed by atoms with Gasteiger partial charge in [-0.25, -0.2) is 0 Å². The Morgan fingerprint density at radius 3 is 2.58 bits per heavy atom. The third-order valence-corrected chi connectivity index (χ3v) is 4.77. The number of nitrogens with one attached hydrogen (secondary N) is 1. The number of benzene rings is 2. The van der Waals surface area contributed by atoms with E-state index < -0.39 is 0 Å². The molecular formula is C17H13NS. The molecule has 0 unspecified atom stereocenters. The maximum Gasteiger partial charge on any atom is 0.0650 e. The van der Waals surface area contributed by atoms with E-state index in [0.717, 1.165) is 0 Å². The second kappa shape index (κ2) is 3.97. The summed E-state index contributed by atoms with van der Waals surface area (Å²) in [7, 11) is 0. The molecular weight excluding hydrogens is 250 g/mol. The molecule has 0 bridgehead atoms. The maximum atomic E-state index is 3.43. The van der Waals surface area contributed by atoms with Crippen molar-refractivity contribution >= 4 is 31.6 Å². The van der Waals surface area contributed by atoms with Gasteiger partial charge >= 0.3 is 0 Å². The van der Waals surface area contributed by atoms with Crippen LogP contribution in [0.5, 0.6) is 0 Å². The number of aryl methyl sites for hydroxylation is 1. The highest BCUT2D eigenvalue weighted by Crippen LogP contribution is 2.39. The van der Waals surface area contributed by atoms with E-state index in [0.29, 0.717) is 0 Å². The number of aromatic amines is 1. The summed E-state index contributed by atoms with van der Waals surface area (Å²) in [6.07, 6.45) is 2.12. The Kier molecular flexibility index (Phi) is 2.26. The Hall–Kier alpha value is -2.06. The van der Waals surface area contributed by atoms with Crippen LogP contribution in [0.4, 0.5) is 0 Å². The van der Waals surface area contributed by atoms with Crippen molar-refractivity contribution in [3.63, 3.8) is 0 Å². The van der Waals surface area contributed by atoms with E-state index in [1.54, 1.807) is 0 Å². The normalized spacial score (nSPS) is 11.4. The van der Waals surface area contributed by atoms with E-state index >= 15 is 0 Å². The molecule has 92 valence electrons. The van der Waals surface area contributed by atoms with Crippen LogP contribution in [0.2, 0.25) is 0 Å². The minimum Gasteiger partial charge on any atom is -0.359 e. The molecule has 0 aliphatic rings. The van der Waals surface area contributed by atoms with Gasteiger partial charge in [-0.1, -0.05) is 48.0 Å². The van der Waals surface area contributed by atoms with E-state index in [9.17, 15) is 0 Å². The summed E-state index contributed by atoms with van der Waals surface area (Å²) < 4.78 is 2.70. The van der Waals surface area contributed by atoms with Crippen molar-refractivity contribution in [3.05, 3.63) is 60.3 Å². The lowest BCUT2D eigenvalue weighted by molar-refractivity contribution is 1.46. The fourth-order valence-electron chi connectivity index (χ4n) is 2.54.